The summed E-state index contributed by atoms with van der Waals surface area (Å²) in [7, 11) is 1.21. The molecule has 2 aliphatic carbocycles. The summed E-state index contributed by atoms with van der Waals surface area (Å²) in [6, 6.07) is 1.62. The lowest BCUT2D eigenvalue weighted by Gasteiger charge is -2.61. The standard InChI is InChI=1S/C31H38O12/c1-15-30(37)14-28(6)23(18-9-10-39-13-18)42-21(35)12-31(15,28)43-25-22(40-16(2)32)24(41-17(3)33)27(4,5)19(11-20(34)38-8)29(25,7)26(30)36/h9-10,13,19,22-25,37H,1,11-12,14H2,2-8H3/t19-,22+,23+,24+,25+,28+,29+,30+,31-/m0/s1. The Bertz CT molecular complexity index is 1390. The molecule has 1 aromatic heterocycles. The minimum absolute atomic E-state index is 0.0338. The molecule has 2 saturated carbocycles. The van der Waals surface area contributed by atoms with Crippen molar-refractivity contribution in [3.8, 4) is 0 Å². The molecule has 4 fully saturated rings. The normalized spacial score (nSPS) is 41.3. The number of cyclic esters (lactones) is 1. The topological polar surface area (TPSA) is 165 Å². The van der Waals surface area contributed by atoms with E-state index >= 15 is 4.79 Å². The lowest BCUT2D eigenvalue weighted by atomic mass is 9.49. The number of ether oxygens (including phenoxy) is 5. The van der Waals surface area contributed by atoms with Crippen LogP contribution >= 0.6 is 0 Å². The number of methoxy groups -OCH3 is 1. The maximum Gasteiger partial charge on any atom is 0.309 e. The largest absolute Gasteiger partial charge is 0.472 e. The van der Waals surface area contributed by atoms with E-state index in [9.17, 15) is 24.3 Å². The number of hydrogen-bond acceptors (Lipinski definition) is 12. The minimum atomic E-state index is -2.24. The molecule has 5 rings (SSSR count). The predicted molar refractivity (Wildman–Crippen MR) is 145 cm³/mol. The highest BCUT2D eigenvalue weighted by molar-refractivity contribution is 5.99. The Morgan fingerprint density at radius 1 is 1.09 bits per heavy atom. The van der Waals surface area contributed by atoms with Gasteiger partial charge >= 0.3 is 23.9 Å². The van der Waals surface area contributed by atoms with Gasteiger partial charge in [0.15, 0.2) is 11.9 Å². The van der Waals surface area contributed by atoms with Crippen molar-refractivity contribution in [2.45, 2.75) is 96.4 Å². The fourth-order valence-corrected chi connectivity index (χ4v) is 8.57. The van der Waals surface area contributed by atoms with Gasteiger partial charge in [0, 0.05) is 30.2 Å². The molecule has 2 bridgehead atoms. The van der Waals surface area contributed by atoms with Crippen LogP contribution in [0.25, 0.3) is 0 Å². The first-order valence-electron chi connectivity index (χ1n) is 14.2. The van der Waals surface area contributed by atoms with E-state index in [2.05, 4.69) is 6.58 Å². The van der Waals surface area contributed by atoms with Gasteiger partial charge in [-0.2, -0.15) is 0 Å². The number of furan rings is 1. The molecule has 1 N–H and O–H groups in total. The Hall–Kier alpha value is -3.51. The van der Waals surface area contributed by atoms with E-state index in [4.69, 9.17) is 28.1 Å². The third-order valence-electron chi connectivity index (χ3n) is 10.5. The van der Waals surface area contributed by atoms with Crippen molar-refractivity contribution >= 4 is 29.7 Å². The van der Waals surface area contributed by atoms with E-state index in [0.29, 0.717) is 5.56 Å². The van der Waals surface area contributed by atoms with Crippen LogP contribution in [0.3, 0.4) is 0 Å². The summed E-state index contributed by atoms with van der Waals surface area (Å²) in [6.07, 6.45) is -3.11. The van der Waals surface area contributed by atoms with E-state index in [1.807, 2.05) is 0 Å². The number of Topliss-reactive ketones (excluding diaryl/α,β-unsaturated/α-hetero) is 1. The van der Waals surface area contributed by atoms with E-state index in [-0.39, 0.29) is 18.4 Å². The summed E-state index contributed by atoms with van der Waals surface area (Å²) < 4.78 is 34.6. The SMILES string of the molecule is C=C1[C@]2(O)C[C@]3(C)[C@@H](c4ccoc4)OC(=O)C[C@]13O[C@@H]1[C@H](OC(C)=O)[C@@H](OC(C)=O)C(C)(C)[C@H](CC(=O)OC)[C@@]1(C)C2=O. The number of ketones is 1. The number of carbonyl (C=O) groups excluding carboxylic acids is 5. The predicted octanol–water partition coefficient (Wildman–Crippen LogP) is 2.76. The first-order valence-corrected chi connectivity index (χ1v) is 14.2. The lowest BCUT2D eigenvalue weighted by molar-refractivity contribution is -0.291. The van der Waals surface area contributed by atoms with Gasteiger partial charge in [-0.1, -0.05) is 27.4 Å². The maximum absolute atomic E-state index is 15.0. The zero-order valence-electron chi connectivity index (χ0n) is 25.4. The summed E-state index contributed by atoms with van der Waals surface area (Å²) in [4.78, 5) is 66.2. The first-order chi connectivity index (χ1) is 19.9. The van der Waals surface area contributed by atoms with Crippen molar-refractivity contribution in [3.05, 3.63) is 36.3 Å². The Kier molecular flexibility index (Phi) is 7.01. The van der Waals surface area contributed by atoms with E-state index in [1.54, 1.807) is 33.8 Å². The average Bonchev–Trinajstić information content (AvgIpc) is 3.49. The van der Waals surface area contributed by atoms with Crippen LogP contribution in [-0.2, 0) is 47.7 Å². The highest BCUT2D eigenvalue weighted by Gasteiger charge is 2.81. The van der Waals surface area contributed by atoms with Gasteiger partial charge in [0.05, 0.1) is 37.9 Å². The number of carbonyl (C=O) groups is 5. The van der Waals surface area contributed by atoms with Crippen molar-refractivity contribution in [1.82, 2.24) is 0 Å². The number of hydrogen-bond donors (Lipinski definition) is 1. The Morgan fingerprint density at radius 2 is 1.74 bits per heavy atom. The molecule has 234 valence electrons. The van der Waals surface area contributed by atoms with Gasteiger partial charge in [-0.15, -0.1) is 0 Å². The van der Waals surface area contributed by atoms with Crippen LogP contribution < -0.4 is 0 Å². The highest BCUT2D eigenvalue weighted by atomic mass is 16.6. The molecule has 1 aromatic rings. The Labute approximate surface area is 249 Å². The first kappa shape index (κ1) is 30.9. The van der Waals surface area contributed by atoms with Crippen LogP contribution in [0.5, 0.6) is 0 Å². The number of aliphatic hydroxyl groups is 1. The van der Waals surface area contributed by atoms with Crippen LogP contribution in [0.1, 0.15) is 72.5 Å². The maximum atomic E-state index is 15.0. The van der Waals surface area contributed by atoms with Crippen molar-refractivity contribution in [3.63, 3.8) is 0 Å². The molecule has 1 spiro atoms. The van der Waals surface area contributed by atoms with Crippen molar-refractivity contribution in [2.75, 3.05) is 7.11 Å². The number of esters is 4. The van der Waals surface area contributed by atoms with Crippen molar-refractivity contribution < 1.29 is 57.2 Å². The highest BCUT2D eigenvalue weighted by Crippen LogP contribution is 2.71. The van der Waals surface area contributed by atoms with Gasteiger partial charge in [0.25, 0.3) is 0 Å². The van der Waals surface area contributed by atoms with Gasteiger partial charge in [-0.25, -0.2) is 0 Å². The van der Waals surface area contributed by atoms with Crippen LogP contribution in [0.4, 0.5) is 0 Å². The molecule has 0 aromatic carbocycles. The molecule has 0 unspecified atom stereocenters. The van der Waals surface area contributed by atoms with Gasteiger partial charge in [-0.05, 0) is 30.9 Å². The number of fused-ring (bicyclic) bond motifs is 2. The van der Waals surface area contributed by atoms with E-state index in [0.717, 1.165) is 0 Å². The molecule has 12 nitrogen and oxygen atoms in total. The second kappa shape index (κ2) is 9.75. The molecule has 2 saturated heterocycles. The smallest absolute Gasteiger partial charge is 0.309 e. The Morgan fingerprint density at radius 3 is 2.30 bits per heavy atom. The minimum Gasteiger partial charge on any atom is -0.472 e. The molecule has 12 heteroatoms. The zero-order chi connectivity index (χ0) is 31.9. The van der Waals surface area contributed by atoms with E-state index < -0.39 is 93.9 Å². The summed E-state index contributed by atoms with van der Waals surface area (Å²) >= 11 is 0. The monoisotopic (exact) mass is 602 g/mol. The molecule has 4 aliphatic rings. The second-order valence-electron chi connectivity index (χ2n) is 13.3. The Balaban J connectivity index is 1.80. The molecule has 3 heterocycles. The summed E-state index contributed by atoms with van der Waals surface area (Å²) in [5.41, 5.74) is -7.68. The summed E-state index contributed by atoms with van der Waals surface area (Å²) in [5, 5.41) is 12.5. The van der Waals surface area contributed by atoms with E-state index in [1.165, 1.54) is 33.5 Å². The van der Waals surface area contributed by atoms with Crippen molar-refractivity contribution in [1.29, 1.82) is 0 Å². The molecular weight excluding hydrogens is 564 g/mol. The van der Waals surface area contributed by atoms with Gasteiger partial charge in [0.2, 0.25) is 0 Å². The summed E-state index contributed by atoms with van der Waals surface area (Å²) in [5.74, 6) is -4.43. The molecule has 0 amide bonds. The van der Waals surface area contributed by atoms with Crippen LogP contribution in [0, 0.1) is 22.2 Å². The fourth-order valence-electron chi connectivity index (χ4n) is 8.57. The third kappa shape index (κ3) is 4.05. The van der Waals surface area contributed by atoms with Gasteiger partial charge in [-0.3, -0.25) is 24.0 Å². The summed E-state index contributed by atoms with van der Waals surface area (Å²) in [6.45, 7) is 13.2. The van der Waals surface area contributed by atoms with Gasteiger partial charge < -0.3 is 33.2 Å². The number of rotatable bonds is 5. The molecule has 43 heavy (non-hydrogen) atoms. The third-order valence-corrected chi connectivity index (χ3v) is 10.5. The molecule has 9 atom stereocenters. The molecule has 0 radical (unpaired) electrons. The average molecular weight is 603 g/mol. The fraction of sp³-hybridized carbons (Fsp3) is 0.645. The van der Waals surface area contributed by atoms with Crippen LogP contribution in [-0.4, -0.2) is 71.4 Å². The zero-order valence-corrected chi connectivity index (χ0v) is 25.4. The quantitative estimate of drug-likeness (QED) is 0.298. The lowest BCUT2D eigenvalue weighted by Crippen LogP contribution is -2.72. The van der Waals surface area contributed by atoms with Crippen LogP contribution in [0.15, 0.2) is 35.2 Å². The van der Waals surface area contributed by atoms with Crippen LogP contribution in [0.2, 0.25) is 0 Å². The molecule has 2 aliphatic heterocycles. The van der Waals surface area contributed by atoms with Crippen molar-refractivity contribution in [2.24, 2.45) is 22.2 Å². The second-order valence-corrected chi connectivity index (χ2v) is 13.3. The molecular formula is C31H38O12. The van der Waals surface area contributed by atoms with Gasteiger partial charge in [0.1, 0.15) is 29.5 Å².